The van der Waals surface area contributed by atoms with E-state index in [1.165, 1.54) is 22.6 Å². The number of amides is 2. The Balaban J connectivity index is 1.38. The number of nitrogens with one attached hydrogen (secondary N) is 1. The number of fused-ring (bicyclic) bond motifs is 1. The van der Waals surface area contributed by atoms with Crippen molar-refractivity contribution in [2.75, 3.05) is 38.2 Å². The fraction of sp³-hybridized carbons (Fsp3) is 0.458. The van der Waals surface area contributed by atoms with E-state index < -0.39 is 17.8 Å². The molecule has 1 aromatic heterocycles. The molecule has 1 saturated heterocycles. The molecule has 1 aromatic carbocycles. The van der Waals surface area contributed by atoms with Gasteiger partial charge in [-0.2, -0.15) is 0 Å². The molecule has 0 spiro atoms. The van der Waals surface area contributed by atoms with E-state index in [9.17, 15) is 19.1 Å². The van der Waals surface area contributed by atoms with Gasteiger partial charge in [-0.05, 0) is 60.5 Å². The predicted octanol–water partition coefficient (Wildman–Crippen LogP) is 4.11. The number of pyridine rings is 1. The van der Waals surface area contributed by atoms with Crippen LogP contribution in [-0.4, -0.2) is 64.8 Å². The van der Waals surface area contributed by atoms with E-state index in [1.54, 1.807) is 4.90 Å². The number of hydrogen-bond donors (Lipinski definition) is 2. The Kier molecular flexibility index (Phi) is 8.06. The van der Waals surface area contributed by atoms with Crippen molar-refractivity contribution in [2.24, 2.45) is 5.11 Å². The molecule has 1 atom stereocenters. The monoisotopic (exact) mass is 497 g/mol. The molecule has 2 aromatic rings. The number of azide groups is 1. The molecule has 2 aliphatic rings. The summed E-state index contributed by atoms with van der Waals surface area (Å²) in [5, 5.41) is 16.0. The van der Waals surface area contributed by atoms with Crippen molar-refractivity contribution in [1.29, 1.82) is 0 Å². The van der Waals surface area contributed by atoms with Crippen LogP contribution in [0.15, 0.2) is 35.4 Å². The maximum Gasteiger partial charge on any atom is 0.320 e. The lowest BCUT2D eigenvalue weighted by Crippen LogP contribution is -2.36. The molecule has 0 radical (unpaired) electrons. The van der Waals surface area contributed by atoms with Gasteiger partial charge in [-0.3, -0.25) is 4.79 Å². The lowest BCUT2D eigenvalue weighted by Gasteiger charge is -2.27. The number of anilines is 1. The number of hydrogen-bond acceptors (Lipinski definition) is 6. The smallest absolute Gasteiger partial charge is 0.320 e. The molecule has 3 heterocycles. The van der Waals surface area contributed by atoms with Crippen LogP contribution in [0, 0.1) is 5.82 Å². The SMILES string of the molecule is [N-]=[N+]=NCOc1ccc([C@H](CC(=O)O)N2CCN(CCCc3ccc4c(n3)NCCC4)C2=O)cc1F. The molecular weight excluding hydrogens is 469 g/mol. The summed E-state index contributed by atoms with van der Waals surface area (Å²) < 4.78 is 19.6. The van der Waals surface area contributed by atoms with E-state index in [0.29, 0.717) is 25.2 Å². The Labute approximate surface area is 207 Å². The number of rotatable bonds is 11. The molecular formula is C24H28FN7O4. The van der Waals surface area contributed by atoms with Gasteiger partial charge in [0.25, 0.3) is 0 Å². The summed E-state index contributed by atoms with van der Waals surface area (Å²) in [5.74, 6) is -1.00. The zero-order valence-corrected chi connectivity index (χ0v) is 19.8. The van der Waals surface area contributed by atoms with E-state index in [1.807, 2.05) is 6.07 Å². The second kappa shape index (κ2) is 11.6. The van der Waals surface area contributed by atoms with Crippen molar-refractivity contribution in [3.63, 3.8) is 0 Å². The number of ether oxygens (including phenoxy) is 1. The topological polar surface area (TPSA) is 144 Å². The van der Waals surface area contributed by atoms with Crippen LogP contribution in [0.5, 0.6) is 5.75 Å². The Hall–Kier alpha value is -4.05. The molecule has 0 unspecified atom stereocenters. The minimum absolute atomic E-state index is 0.124. The maximum atomic E-state index is 14.5. The second-order valence-electron chi connectivity index (χ2n) is 8.72. The van der Waals surface area contributed by atoms with E-state index in [0.717, 1.165) is 49.8 Å². The van der Waals surface area contributed by atoms with Crippen molar-refractivity contribution in [2.45, 2.75) is 38.1 Å². The van der Waals surface area contributed by atoms with Crippen molar-refractivity contribution in [3.05, 3.63) is 63.4 Å². The van der Waals surface area contributed by atoms with Crippen molar-refractivity contribution in [3.8, 4) is 5.75 Å². The molecule has 2 amide bonds. The number of carboxylic acid groups (broad SMARTS) is 1. The van der Waals surface area contributed by atoms with Gasteiger partial charge in [-0.15, -0.1) is 0 Å². The minimum Gasteiger partial charge on any atom is -0.484 e. The molecule has 190 valence electrons. The number of aryl methyl sites for hydroxylation is 2. The van der Waals surface area contributed by atoms with Gasteiger partial charge in [0.1, 0.15) is 5.82 Å². The number of benzene rings is 1. The summed E-state index contributed by atoms with van der Waals surface area (Å²) in [6, 6.07) is 7.06. The minimum atomic E-state index is -1.09. The number of aliphatic carboxylic acids is 1. The number of carboxylic acids is 1. The summed E-state index contributed by atoms with van der Waals surface area (Å²) >= 11 is 0. The van der Waals surface area contributed by atoms with Crippen LogP contribution in [0.2, 0.25) is 0 Å². The first kappa shape index (κ1) is 25.1. The lowest BCUT2D eigenvalue weighted by atomic mass is 10.0. The number of nitrogens with zero attached hydrogens (tertiary/aromatic N) is 6. The highest BCUT2D eigenvalue weighted by Crippen LogP contribution is 2.31. The Morgan fingerprint density at radius 1 is 1.33 bits per heavy atom. The van der Waals surface area contributed by atoms with Gasteiger partial charge >= 0.3 is 12.0 Å². The fourth-order valence-electron chi connectivity index (χ4n) is 4.60. The highest BCUT2D eigenvalue weighted by molar-refractivity contribution is 5.78. The molecule has 2 N–H and O–H groups in total. The lowest BCUT2D eigenvalue weighted by molar-refractivity contribution is -0.138. The summed E-state index contributed by atoms with van der Waals surface area (Å²) in [7, 11) is 0. The zero-order valence-electron chi connectivity index (χ0n) is 19.8. The van der Waals surface area contributed by atoms with Crippen LogP contribution in [0.4, 0.5) is 15.0 Å². The third-order valence-electron chi connectivity index (χ3n) is 6.37. The molecule has 0 bridgehead atoms. The molecule has 2 aliphatic heterocycles. The first-order valence-corrected chi connectivity index (χ1v) is 11.9. The molecule has 0 saturated carbocycles. The Morgan fingerprint density at radius 3 is 2.97 bits per heavy atom. The van der Waals surface area contributed by atoms with E-state index in [2.05, 4.69) is 21.4 Å². The highest BCUT2D eigenvalue weighted by Gasteiger charge is 2.35. The summed E-state index contributed by atoms with van der Waals surface area (Å²) in [5.41, 5.74) is 10.9. The molecule has 36 heavy (non-hydrogen) atoms. The van der Waals surface area contributed by atoms with E-state index in [-0.39, 0.29) is 24.9 Å². The maximum absolute atomic E-state index is 14.5. The fourth-order valence-corrected chi connectivity index (χ4v) is 4.60. The second-order valence-corrected chi connectivity index (χ2v) is 8.72. The van der Waals surface area contributed by atoms with Gasteiger partial charge in [-0.1, -0.05) is 17.2 Å². The summed E-state index contributed by atoms with van der Waals surface area (Å²) in [6.45, 7) is 1.87. The van der Waals surface area contributed by atoms with Crippen LogP contribution in [0.3, 0.4) is 0 Å². The van der Waals surface area contributed by atoms with Gasteiger partial charge in [0, 0.05) is 36.8 Å². The first-order chi connectivity index (χ1) is 17.5. The number of carbonyl (C=O) groups is 2. The number of aromatic nitrogens is 1. The predicted molar refractivity (Wildman–Crippen MR) is 129 cm³/mol. The number of carbonyl (C=O) groups excluding carboxylic acids is 1. The van der Waals surface area contributed by atoms with Crippen LogP contribution in [0.1, 0.15) is 42.1 Å². The van der Waals surface area contributed by atoms with Gasteiger partial charge in [-0.25, -0.2) is 14.2 Å². The standard InChI is InChI=1S/C24H28FN7O4/c25-19-13-17(6-8-21(19)36-15-28-30-26)20(14-22(33)34)32-12-11-31(24(32)35)10-2-4-18-7-5-16-3-1-9-27-23(16)29-18/h5-8,13,20H,1-4,9-12,14-15H2,(H,27,29)(H,33,34)/t20-/m0/s1. The molecule has 11 nitrogen and oxygen atoms in total. The van der Waals surface area contributed by atoms with Gasteiger partial charge in [0.2, 0.25) is 0 Å². The average molecular weight is 498 g/mol. The number of halogens is 1. The van der Waals surface area contributed by atoms with Crippen molar-refractivity contribution >= 4 is 17.8 Å². The van der Waals surface area contributed by atoms with Crippen LogP contribution >= 0.6 is 0 Å². The largest absolute Gasteiger partial charge is 0.484 e. The van der Waals surface area contributed by atoms with Crippen LogP contribution in [0.25, 0.3) is 10.4 Å². The summed E-state index contributed by atoms with van der Waals surface area (Å²) in [6.07, 6.45) is 3.22. The van der Waals surface area contributed by atoms with Crippen molar-refractivity contribution < 1.29 is 23.8 Å². The Morgan fingerprint density at radius 2 is 2.19 bits per heavy atom. The van der Waals surface area contributed by atoms with Crippen molar-refractivity contribution in [1.82, 2.24) is 14.8 Å². The Bertz CT molecular complexity index is 1170. The molecule has 12 heteroatoms. The van der Waals surface area contributed by atoms with Gasteiger partial charge in [0.15, 0.2) is 18.3 Å². The molecule has 1 fully saturated rings. The van der Waals surface area contributed by atoms with Gasteiger partial charge in [0.05, 0.1) is 12.5 Å². The average Bonchev–Trinajstić information content (AvgIpc) is 3.23. The summed E-state index contributed by atoms with van der Waals surface area (Å²) in [4.78, 5) is 35.1. The van der Waals surface area contributed by atoms with Crippen LogP contribution < -0.4 is 10.1 Å². The third-order valence-corrected chi connectivity index (χ3v) is 6.37. The number of urea groups is 1. The molecule has 0 aliphatic carbocycles. The highest BCUT2D eigenvalue weighted by atomic mass is 19.1. The van der Waals surface area contributed by atoms with Crippen LogP contribution in [-0.2, 0) is 17.6 Å². The van der Waals surface area contributed by atoms with E-state index >= 15 is 0 Å². The molecule has 4 rings (SSSR count). The first-order valence-electron chi connectivity index (χ1n) is 11.9. The quantitative estimate of drug-likeness (QED) is 0.272. The van der Waals surface area contributed by atoms with E-state index in [4.69, 9.17) is 15.3 Å². The van der Waals surface area contributed by atoms with Gasteiger partial charge < -0.3 is 25.0 Å². The third kappa shape index (κ3) is 5.95. The normalized spacial score (nSPS) is 15.6. The zero-order chi connectivity index (χ0) is 25.5.